The molecule has 0 unspecified atom stereocenters. The van der Waals surface area contributed by atoms with Crippen molar-refractivity contribution in [3.05, 3.63) is 96.4 Å². The van der Waals surface area contributed by atoms with E-state index in [1.165, 1.54) is 28.4 Å². The Morgan fingerprint density at radius 2 is 1.50 bits per heavy atom. The number of rotatable bonds is 9. The number of fused-ring (bicyclic) bond motifs is 1. The number of thioether (sulfide) groups is 1. The standard InChI is InChI=1S/C31H29ClN2O8SSe/c1-17-7-9-19(10-8-17)16-33-18(2)27(43-22(29(36)40-4)15-23(35)39-3)34(21-13-11-20(32)12-14-21)28-25(33)24(30(37)41-5)26(44-28)31(38)42-6/h7-15H,16H2,1-6H3/b22-15+. The van der Waals surface area contributed by atoms with Gasteiger partial charge in [-0.05, 0) is 0 Å². The molecule has 1 aliphatic rings. The molecule has 0 radical (unpaired) electrons. The Morgan fingerprint density at radius 3 is 2.07 bits per heavy atom. The van der Waals surface area contributed by atoms with Crippen LogP contribution in [0.1, 0.15) is 37.6 Å². The Morgan fingerprint density at radius 1 is 0.864 bits per heavy atom. The number of carbonyl (C=O) groups is 4. The quantitative estimate of drug-likeness (QED) is 0.120. The molecule has 230 valence electrons. The fourth-order valence-corrected chi connectivity index (χ4v) is 8.33. The van der Waals surface area contributed by atoms with Crippen molar-refractivity contribution >= 4 is 77.7 Å². The fourth-order valence-electron chi connectivity index (χ4n) is 4.40. The van der Waals surface area contributed by atoms with E-state index in [-0.39, 0.29) is 14.9 Å². The second kappa shape index (κ2) is 14.2. The van der Waals surface area contributed by atoms with Crippen LogP contribution in [0.2, 0.25) is 5.02 Å². The predicted molar refractivity (Wildman–Crippen MR) is 169 cm³/mol. The van der Waals surface area contributed by atoms with E-state index in [0.29, 0.717) is 38.2 Å². The summed E-state index contributed by atoms with van der Waals surface area (Å²) in [5, 5.41) is 1.02. The number of methoxy groups -OCH3 is 4. The van der Waals surface area contributed by atoms with Crippen molar-refractivity contribution in [3.8, 4) is 0 Å². The number of ether oxygens (including phenoxy) is 4. The van der Waals surface area contributed by atoms with Crippen LogP contribution in [0.25, 0.3) is 0 Å². The van der Waals surface area contributed by atoms with Gasteiger partial charge in [-0.3, -0.25) is 0 Å². The number of carbonyl (C=O) groups excluding carboxylic acids is 4. The van der Waals surface area contributed by atoms with Crippen molar-refractivity contribution in [2.45, 2.75) is 20.4 Å². The minimum atomic E-state index is -0.763. The molecule has 1 aliphatic heterocycles. The summed E-state index contributed by atoms with van der Waals surface area (Å²) in [6, 6.07) is 14.9. The van der Waals surface area contributed by atoms with Gasteiger partial charge in [0.2, 0.25) is 0 Å². The Kier molecular flexibility index (Phi) is 10.6. The molecule has 1 aromatic heterocycles. The molecule has 2 aromatic carbocycles. The molecule has 0 amide bonds. The van der Waals surface area contributed by atoms with E-state index in [9.17, 15) is 19.2 Å². The van der Waals surface area contributed by atoms with Crippen LogP contribution in [0.3, 0.4) is 0 Å². The summed E-state index contributed by atoms with van der Waals surface area (Å²) < 4.78 is 20.9. The van der Waals surface area contributed by atoms with Crippen LogP contribution in [0.4, 0.5) is 15.9 Å². The van der Waals surface area contributed by atoms with Crippen molar-refractivity contribution in [1.82, 2.24) is 0 Å². The van der Waals surface area contributed by atoms with Crippen molar-refractivity contribution in [3.63, 3.8) is 0 Å². The van der Waals surface area contributed by atoms with Crippen LogP contribution in [0.5, 0.6) is 0 Å². The van der Waals surface area contributed by atoms with Gasteiger partial charge >= 0.3 is 271 Å². The van der Waals surface area contributed by atoms with Gasteiger partial charge < -0.3 is 0 Å². The SMILES string of the molecule is COC(=O)/C=C(/SC1=C(C)N(Cc2ccc(C)cc2)c2c([se]c(C(=O)OC)c2C(=O)OC)N1c1ccc(Cl)cc1)C(=O)OC. The van der Waals surface area contributed by atoms with Crippen molar-refractivity contribution in [2.24, 2.45) is 0 Å². The summed E-state index contributed by atoms with van der Waals surface area (Å²) in [5.74, 6) is -2.83. The Bertz CT molecular complexity index is 1660. The van der Waals surface area contributed by atoms with E-state index < -0.39 is 38.4 Å². The van der Waals surface area contributed by atoms with E-state index in [1.54, 1.807) is 24.3 Å². The average molecular weight is 704 g/mol. The molecule has 0 spiro atoms. The molecular formula is C31H29ClN2O8SSe. The Hall–Kier alpha value is -3.96. The van der Waals surface area contributed by atoms with Crippen molar-refractivity contribution in [2.75, 3.05) is 38.2 Å². The molecule has 3 aromatic rings. The number of aryl methyl sites for hydroxylation is 1. The van der Waals surface area contributed by atoms with Gasteiger partial charge in [-0.15, -0.1) is 0 Å². The molecule has 2 heterocycles. The molecule has 0 bridgehead atoms. The minimum absolute atomic E-state index is 0.0353. The summed E-state index contributed by atoms with van der Waals surface area (Å²) in [4.78, 5) is 55.4. The zero-order valence-corrected chi connectivity index (χ0v) is 28.0. The van der Waals surface area contributed by atoms with E-state index in [4.69, 9.17) is 30.5 Å². The monoisotopic (exact) mass is 704 g/mol. The van der Waals surface area contributed by atoms with E-state index in [2.05, 4.69) is 0 Å². The second-order valence-corrected chi connectivity index (χ2v) is 12.9. The van der Waals surface area contributed by atoms with Crippen LogP contribution in [0, 0.1) is 6.92 Å². The van der Waals surface area contributed by atoms with Gasteiger partial charge in [-0.25, -0.2) is 0 Å². The van der Waals surface area contributed by atoms with E-state index >= 15 is 0 Å². The Labute approximate surface area is 269 Å². The molecule has 0 saturated carbocycles. The van der Waals surface area contributed by atoms with Gasteiger partial charge in [0, 0.05) is 0 Å². The molecule has 13 heteroatoms. The molecule has 0 saturated heterocycles. The maximum atomic E-state index is 13.4. The average Bonchev–Trinajstić information content (AvgIpc) is 3.43. The summed E-state index contributed by atoms with van der Waals surface area (Å²) in [6.07, 6.45) is 1.06. The number of hydrogen-bond donors (Lipinski definition) is 0. The molecule has 0 N–H and O–H groups in total. The van der Waals surface area contributed by atoms with Crippen LogP contribution in [-0.2, 0) is 35.1 Å². The van der Waals surface area contributed by atoms with E-state index in [0.717, 1.165) is 29.0 Å². The van der Waals surface area contributed by atoms with Gasteiger partial charge in [0.25, 0.3) is 0 Å². The molecule has 0 atom stereocenters. The Balaban J connectivity index is 2.07. The van der Waals surface area contributed by atoms with Gasteiger partial charge in [-0.2, -0.15) is 0 Å². The number of halogens is 1. The number of nitrogens with zero attached hydrogens (tertiary/aromatic N) is 2. The zero-order chi connectivity index (χ0) is 32.1. The predicted octanol–water partition coefficient (Wildman–Crippen LogP) is 5.59. The third-order valence-electron chi connectivity index (χ3n) is 6.61. The molecule has 44 heavy (non-hydrogen) atoms. The summed E-state index contributed by atoms with van der Waals surface area (Å²) in [5.41, 5.74) is 3.83. The zero-order valence-electron chi connectivity index (χ0n) is 24.8. The molecule has 10 nitrogen and oxygen atoms in total. The first kappa shape index (κ1) is 32.9. The van der Waals surface area contributed by atoms with E-state index in [1.807, 2.05) is 47.9 Å². The number of allylic oxidation sites excluding steroid dienone is 1. The third-order valence-corrected chi connectivity index (χ3v) is 10.4. The van der Waals surface area contributed by atoms with Gasteiger partial charge in [0.05, 0.1) is 0 Å². The van der Waals surface area contributed by atoms with Crippen LogP contribution in [-0.4, -0.2) is 66.8 Å². The topological polar surface area (TPSA) is 112 Å². The molecule has 4 rings (SSSR count). The molecular weight excluding hydrogens is 675 g/mol. The van der Waals surface area contributed by atoms with Crippen molar-refractivity contribution in [1.29, 1.82) is 0 Å². The number of hydrogen-bond acceptors (Lipinski definition) is 11. The fraction of sp³-hybridized carbons (Fsp3) is 0.226. The number of benzene rings is 2. The molecule has 0 aliphatic carbocycles. The normalized spacial score (nSPS) is 12.9. The maximum absolute atomic E-state index is 13.4. The van der Waals surface area contributed by atoms with Gasteiger partial charge in [0.1, 0.15) is 0 Å². The first-order valence-electron chi connectivity index (χ1n) is 13.0. The second-order valence-electron chi connectivity index (χ2n) is 9.34. The van der Waals surface area contributed by atoms with Crippen LogP contribution < -0.4 is 9.80 Å². The summed E-state index contributed by atoms with van der Waals surface area (Å²) >= 11 is 6.46. The van der Waals surface area contributed by atoms with Crippen LogP contribution >= 0.6 is 23.4 Å². The number of anilines is 3. The third kappa shape index (κ3) is 6.73. The summed E-state index contributed by atoms with van der Waals surface area (Å²) in [6.45, 7) is 4.12. The first-order valence-corrected chi connectivity index (χ1v) is 15.9. The van der Waals surface area contributed by atoms with Crippen molar-refractivity contribution < 1.29 is 38.1 Å². The first-order chi connectivity index (χ1) is 21.0. The molecule has 0 fully saturated rings. The van der Waals surface area contributed by atoms with Crippen LogP contribution in [0.15, 0.2) is 70.2 Å². The summed E-state index contributed by atoms with van der Waals surface area (Å²) in [7, 11) is 4.93. The van der Waals surface area contributed by atoms with Gasteiger partial charge in [-0.1, -0.05) is 0 Å². The van der Waals surface area contributed by atoms with Gasteiger partial charge in [0.15, 0.2) is 0 Å². The number of esters is 4.